The van der Waals surface area contributed by atoms with Gasteiger partial charge in [-0.25, -0.2) is 0 Å². The van der Waals surface area contributed by atoms with Crippen molar-refractivity contribution in [2.75, 3.05) is 34.1 Å². The summed E-state index contributed by atoms with van der Waals surface area (Å²) in [5, 5.41) is 5.85. The molecule has 0 atom stereocenters. The summed E-state index contributed by atoms with van der Waals surface area (Å²) in [5.41, 5.74) is 13.1. The van der Waals surface area contributed by atoms with Crippen molar-refractivity contribution >= 4 is 12.6 Å². The molecule has 0 saturated heterocycles. The minimum absolute atomic E-state index is 0.522. The molecule has 0 aliphatic rings. The van der Waals surface area contributed by atoms with E-state index in [1.54, 1.807) is 20.3 Å². The first-order valence-electron chi connectivity index (χ1n) is 7.08. The normalized spacial score (nSPS) is 11.3. The fraction of sp³-hybridized carbons (Fsp3) is 0.375. The standard InChI is InChI=1S/C14H21N3O2S.C2H7N/c1-18-12-4-3-11(13(6-12)19-2)8-17-14(16)5-10(7-15)9-20;1-3-2/h3-7,17,20H,8-9,15-16H2,1-2H3;3H,1-2H3/b10-7+,14-5+;. The Morgan fingerprint density at radius 2 is 1.91 bits per heavy atom. The van der Waals surface area contributed by atoms with Gasteiger partial charge in [0.15, 0.2) is 0 Å². The summed E-state index contributed by atoms with van der Waals surface area (Å²) in [5.74, 6) is 2.55. The van der Waals surface area contributed by atoms with Crippen LogP contribution in [0.3, 0.4) is 0 Å². The average molecular weight is 340 g/mol. The van der Waals surface area contributed by atoms with Crippen LogP contribution in [0.15, 0.2) is 41.9 Å². The lowest BCUT2D eigenvalue weighted by Crippen LogP contribution is -2.20. The van der Waals surface area contributed by atoms with E-state index in [4.69, 9.17) is 20.9 Å². The molecule has 0 radical (unpaired) electrons. The summed E-state index contributed by atoms with van der Waals surface area (Å²) >= 11 is 4.15. The first-order valence-corrected chi connectivity index (χ1v) is 7.71. The van der Waals surface area contributed by atoms with Crippen LogP contribution >= 0.6 is 12.6 Å². The maximum Gasteiger partial charge on any atom is 0.127 e. The predicted octanol–water partition coefficient (Wildman–Crippen LogP) is 1.20. The average Bonchev–Trinajstić information content (AvgIpc) is 2.58. The van der Waals surface area contributed by atoms with E-state index in [9.17, 15) is 0 Å². The number of benzene rings is 1. The molecule has 7 heteroatoms. The van der Waals surface area contributed by atoms with Crippen LogP contribution in [0.4, 0.5) is 0 Å². The van der Waals surface area contributed by atoms with Gasteiger partial charge in [0.25, 0.3) is 0 Å². The molecular weight excluding hydrogens is 312 g/mol. The highest BCUT2D eigenvalue weighted by molar-refractivity contribution is 7.80. The van der Waals surface area contributed by atoms with Crippen LogP contribution < -0.4 is 31.6 Å². The number of nitrogens with one attached hydrogen (secondary N) is 2. The van der Waals surface area contributed by atoms with E-state index in [1.165, 1.54) is 6.20 Å². The van der Waals surface area contributed by atoms with Gasteiger partial charge in [0.05, 0.1) is 20.0 Å². The van der Waals surface area contributed by atoms with Crippen molar-refractivity contribution in [3.05, 3.63) is 47.4 Å². The van der Waals surface area contributed by atoms with Crippen molar-refractivity contribution in [2.24, 2.45) is 11.5 Å². The summed E-state index contributed by atoms with van der Waals surface area (Å²) in [7, 11) is 6.99. The van der Waals surface area contributed by atoms with Crippen LogP contribution in [0.25, 0.3) is 0 Å². The quantitative estimate of drug-likeness (QED) is 0.378. The van der Waals surface area contributed by atoms with Crippen molar-refractivity contribution in [3.8, 4) is 11.5 Å². The van der Waals surface area contributed by atoms with Crippen LogP contribution in [0.5, 0.6) is 11.5 Å². The number of hydrogen-bond acceptors (Lipinski definition) is 7. The number of thiol groups is 1. The van der Waals surface area contributed by atoms with Crippen molar-refractivity contribution < 1.29 is 9.47 Å². The Morgan fingerprint density at radius 1 is 1.26 bits per heavy atom. The van der Waals surface area contributed by atoms with Gasteiger partial charge >= 0.3 is 0 Å². The summed E-state index contributed by atoms with van der Waals surface area (Å²) < 4.78 is 10.5. The topological polar surface area (TPSA) is 94.6 Å². The van der Waals surface area contributed by atoms with Crippen LogP contribution in [0.2, 0.25) is 0 Å². The molecule has 6 nitrogen and oxygen atoms in total. The molecule has 130 valence electrons. The van der Waals surface area contributed by atoms with Gasteiger partial charge in [0.2, 0.25) is 0 Å². The molecule has 0 amide bonds. The van der Waals surface area contributed by atoms with E-state index in [2.05, 4.69) is 23.3 Å². The Morgan fingerprint density at radius 3 is 2.39 bits per heavy atom. The van der Waals surface area contributed by atoms with Crippen molar-refractivity contribution in [2.45, 2.75) is 6.54 Å². The van der Waals surface area contributed by atoms with E-state index in [1.807, 2.05) is 32.3 Å². The lowest BCUT2D eigenvalue weighted by atomic mass is 10.2. The van der Waals surface area contributed by atoms with Crippen LogP contribution in [-0.4, -0.2) is 34.1 Å². The largest absolute Gasteiger partial charge is 0.497 e. The number of nitrogens with two attached hydrogens (primary N) is 2. The van der Waals surface area contributed by atoms with Gasteiger partial charge in [-0.05, 0) is 44.1 Å². The van der Waals surface area contributed by atoms with Gasteiger partial charge in [-0.1, -0.05) is 0 Å². The monoisotopic (exact) mass is 340 g/mol. The molecule has 0 saturated carbocycles. The minimum atomic E-state index is 0.522. The van der Waals surface area contributed by atoms with Crippen LogP contribution in [-0.2, 0) is 6.54 Å². The molecular formula is C16H28N4O2S. The maximum atomic E-state index is 5.88. The predicted molar refractivity (Wildman–Crippen MR) is 99.8 cm³/mol. The summed E-state index contributed by atoms with van der Waals surface area (Å²) in [4.78, 5) is 0. The van der Waals surface area contributed by atoms with E-state index in [0.29, 0.717) is 18.1 Å². The Balaban J connectivity index is 0.00000149. The van der Waals surface area contributed by atoms with Gasteiger partial charge in [0, 0.05) is 23.9 Å². The molecule has 6 N–H and O–H groups in total. The Hall–Kier alpha value is -1.99. The summed E-state index contributed by atoms with van der Waals surface area (Å²) in [6.45, 7) is 0.542. The fourth-order valence-electron chi connectivity index (χ4n) is 1.59. The lowest BCUT2D eigenvalue weighted by molar-refractivity contribution is 0.390. The second-order valence-corrected chi connectivity index (χ2v) is 4.85. The molecule has 0 aliphatic heterocycles. The van der Waals surface area contributed by atoms with E-state index >= 15 is 0 Å². The van der Waals surface area contributed by atoms with Crippen LogP contribution in [0.1, 0.15) is 5.56 Å². The molecule has 0 fully saturated rings. The lowest BCUT2D eigenvalue weighted by Gasteiger charge is -2.12. The summed E-state index contributed by atoms with van der Waals surface area (Å²) in [6, 6.07) is 5.63. The van der Waals surface area contributed by atoms with Crippen LogP contribution in [0, 0.1) is 0 Å². The van der Waals surface area contributed by atoms with Gasteiger partial charge in [-0.3, -0.25) is 0 Å². The first-order chi connectivity index (χ1) is 11.1. The molecule has 0 bridgehead atoms. The van der Waals surface area contributed by atoms with Crippen molar-refractivity contribution in [1.29, 1.82) is 0 Å². The fourth-order valence-corrected chi connectivity index (χ4v) is 1.79. The number of allylic oxidation sites excluding steroid dienone is 1. The van der Waals surface area contributed by atoms with Gasteiger partial charge in [-0.15, -0.1) is 0 Å². The van der Waals surface area contributed by atoms with Crippen molar-refractivity contribution in [3.63, 3.8) is 0 Å². The van der Waals surface area contributed by atoms with E-state index in [-0.39, 0.29) is 0 Å². The number of hydrogen-bond donors (Lipinski definition) is 5. The Labute approximate surface area is 144 Å². The van der Waals surface area contributed by atoms with Crippen molar-refractivity contribution in [1.82, 2.24) is 10.6 Å². The third-order valence-corrected chi connectivity index (χ3v) is 3.08. The first kappa shape index (κ1) is 21.0. The maximum absolute atomic E-state index is 5.88. The number of methoxy groups -OCH3 is 2. The van der Waals surface area contributed by atoms with E-state index < -0.39 is 0 Å². The molecule has 0 unspecified atom stereocenters. The Kier molecular flexibility index (Phi) is 11.5. The third kappa shape index (κ3) is 8.27. The van der Waals surface area contributed by atoms with Gasteiger partial charge < -0.3 is 31.6 Å². The van der Waals surface area contributed by atoms with Gasteiger partial charge in [0.1, 0.15) is 11.5 Å². The van der Waals surface area contributed by atoms with E-state index in [0.717, 1.165) is 22.6 Å². The highest BCUT2D eigenvalue weighted by atomic mass is 32.1. The third-order valence-electron chi connectivity index (χ3n) is 2.71. The summed E-state index contributed by atoms with van der Waals surface area (Å²) in [6.07, 6.45) is 3.23. The molecule has 0 heterocycles. The molecule has 23 heavy (non-hydrogen) atoms. The second kappa shape index (κ2) is 12.5. The SMILES string of the molecule is CNC.COc1ccc(CN/C(N)=C/C(=C\N)CS)c(OC)c1. The van der Waals surface area contributed by atoms with Gasteiger partial charge in [-0.2, -0.15) is 12.6 Å². The smallest absolute Gasteiger partial charge is 0.127 e. The molecule has 0 spiro atoms. The number of ether oxygens (including phenoxy) is 2. The molecule has 1 rings (SSSR count). The highest BCUT2D eigenvalue weighted by Crippen LogP contribution is 2.24. The molecule has 0 aliphatic carbocycles. The molecule has 0 aromatic heterocycles. The number of rotatable bonds is 7. The molecule has 1 aromatic carbocycles. The highest BCUT2D eigenvalue weighted by Gasteiger charge is 2.05. The zero-order valence-corrected chi connectivity index (χ0v) is 15.1. The Bertz CT molecular complexity index is 519. The molecule has 1 aromatic rings. The second-order valence-electron chi connectivity index (χ2n) is 4.53. The minimum Gasteiger partial charge on any atom is -0.497 e. The zero-order valence-electron chi connectivity index (χ0n) is 14.2. The zero-order chi connectivity index (χ0) is 17.7.